The maximum atomic E-state index is 15.0. The third kappa shape index (κ3) is 7.94. The smallest absolute Gasteiger partial charge is 0.335 e. The molecule has 0 spiro atoms. The summed E-state index contributed by atoms with van der Waals surface area (Å²) in [7, 11) is -2.92. The van der Waals surface area contributed by atoms with Gasteiger partial charge in [0, 0.05) is 36.2 Å². The molecule has 2 heterocycles. The summed E-state index contributed by atoms with van der Waals surface area (Å²) in [5, 5.41) is 14.7. The largest absolute Gasteiger partial charge is 0.480 e. The van der Waals surface area contributed by atoms with Gasteiger partial charge >= 0.3 is 11.7 Å². The van der Waals surface area contributed by atoms with Gasteiger partial charge in [-0.1, -0.05) is 32.9 Å². The standard InChI is InChI=1S/C32H33F2N5O8S2/c1-16-17(2)38(6)31(45)39(28(16)41)19-9-7-18(8-10-19)13-24(29(42)43)35-27(40)20-14-22(34)23(15-21(20)33)37-49(46,47)26-12-11-25(48-26)36-30(44)32(3,4)5/h7-12,14-15,24,37H,13H2,1-6H3,(H,35,40)(H,36,44)(H,42,43)/t24-/m0/s1. The number of hydrogen-bond donors (Lipinski definition) is 4. The van der Waals surface area contributed by atoms with Crippen molar-refractivity contribution in [3.05, 3.63) is 103 Å². The number of hydrogen-bond acceptors (Lipinski definition) is 8. The van der Waals surface area contributed by atoms with Crippen molar-refractivity contribution in [2.24, 2.45) is 12.5 Å². The average Bonchev–Trinajstić information content (AvgIpc) is 3.50. The number of carboxylic acid groups (broad SMARTS) is 1. The molecule has 17 heteroatoms. The Kier molecular flexibility index (Phi) is 10.3. The third-order valence-electron chi connectivity index (χ3n) is 7.60. The van der Waals surface area contributed by atoms with Gasteiger partial charge in [-0.25, -0.2) is 31.4 Å². The molecule has 0 aliphatic rings. The van der Waals surface area contributed by atoms with Gasteiger partial charge in [0.2, 0.25) is 5.91 Å². The van der Waals surface area contributed by atoms with E-state index in [1.54, 1.807) is 34.6 Å². The Morgan fingerprint density at radius 1 is 0.980 bits per heavy atom. The lowest BCUT2D eigenvalue weighted by molar-refractivity contribution is -0.139. The minimum atomic E-state index is -4.44. The minimum absolute atomic E-state index is 0.213. The van der Waals surface area contributed by atoms with Crippen LogP contribution in [0.2, 0.25) is 0 Å². The van der Waals surface area contributed by atoms with Crippen molar-refractivity contribution in [2.45, 2.75) is 51.3 Å². The fourth-order valence-corrected chi connectivity index (χ4v) is 6.72. The molecule has 1 atom stereocenters. The van der Waals surface area contributed by atoms with Crippen LogP contribution in [0.4, 0.5) is 19.5 Å². The van der Waals surface area contributed by atoms with E-state index in [1.165, 1.54) is 48.0 Å². The summed E-state index contributed by atoms with van der Waals surface area (Å²) in [6.07, 6.45) is -0.303. The van der Waals surface area contributed by atoms with Crippen molar-refractivity contribution in [2.75, 3.05) is 10.0 Å². The van der Waals surface area contributed by atoms with Gasteiger partial charge in [0.1, 0.15) is 21.9 Å². The fourth-order valence-electron chi connectivity index (χ4n) is 4.46. The molecule has 0 saturated heterocycles. The number of thiophene rings is 1. The zero-order chi connectivity index (χ0) is 36.6. The highest BCUT2D eigenvalue weighted by atomic mass is 32.2. The Morgan fingerprint density at radius 2 is 1.61 bits per heavy atom. The highest BCUT2D eigenvalue weighted by Gasteiger charge is 2.27. The molecule has 0 unspecified atom stereocenters. The number of carbonyl (C=O) groups is 3. The van der Waals surface area contributed by atoms with Gasteiger partial charge in [0.15, 0.2) is 0 Å². The van der Waals surface area contributed by atoms with Gasteiger partial charge in [-0.05, 0) is 49.7 Å². The molecule has 2 amide bonds. The van der Waals surface area contributed by atoms with Crippen LogP contribution in [0.15, 0.2) is 62.3 Å². The van der Waals surface area contributed by atoms with E-state index in [1.807, 2.05) is 4.72 Å². The van der Waals surface area contributed by atoms with Crippen LogP contribution in [-0.4, -0.2) is 46.5 Å². The summed E-state index contributed by atoms with van der Waals surface area (Å²) in [4.78, 5) is 62.6. The average molecular weight is 718 g/mol. The van der Waals surface area contributed by atoms with Crippen LogP contribution in [0.1, 0.15) is 48.0 Å². The molecule has 260 valence electrons. The molecule has 4 aromatic rings. The minimum Gasteiger partial charge on any atom is -0.480 e. The normalized spacial score (nSPS) is 12.3. The van der Waals surface area contributed by atoms with Crippen molar-refractivity contribution >= 4 is 49.8 Å². The second-order valence-electron chi connectivity index (χ2n) is 12.2. The second-order valence-corrected chi connectivity index (χ2v) is 15.2. The lowest BCUT2D eigenvalue weighted by Crippen LogP contribution is -2.42. The summed E-state index contributed by atoms with van der Waals surface area (Å²) in [5.41, 5.74) is -2.06. The second kappa shape index (κ2) is 13.8. The zero-order valence-electron chi connectivity index (χ0n) is 27.2. The van der Waals surface area contributed by atoms with Crippen LogP contribution in [0.3, 0.4) is 0 Å². The quantitative estimate of drug-likeness (QED) is 0.191. The number of carbonyl (C=O) groups excluding carboxylic acids is 2. The number of sulfonamides is 1. The highest BCUT2D eigenvalue weighted by molar-refractivity contribution is 7.94. The van der Waals surface area contributed by atoms with E-state index < -0.39 is 67.5 Å². The first-order valence-electron chi connectivity index (χ1n) is 14.6. The van der Waals surface area contributed by atoms with Crippen molar-refractivity contribution in [1.82, 2.24) is 14.5 Å². The SMILES string of the molecule is Cc1c(C)n(C)c(=O)n(-c2ccc(C[C@H](NC(=O)c3cc(F)c(NS(=O)(=O)c4ccc(NC(=O)C(C)(C)C)s4)cc3F)C(=O)O)cc2)c1=O. The number of nitrogens with zero attached hydrogens (tertiary/aromatic N) is 2. The molecule has 0 aliphatic carbocycles. The van der Waals surface area contributed by atoms with E-state index in [-0.39, 0.29) is 27.2 Å². The number of amides is 2. The molecule has 0 bridgehead atoms. The van der Waals surface area contributed by atoms with Crippen LogP contribution >= 0.6 is 11.3 Å². The number of anilines is 2. The number of halogens is 2. The lowest BCUT2D eigenvalue weighted by Gasteiger charge is -2.17. The molecular formula is C32H33F2N5O8S2. The maximum Gasteiger partial charge on any atom is 0.335 e. The number of carboxylic acids is 1. The first-order valence-corrected chi connectivity index (χ1v) is 16.9. The van der Waals surface area contributed by atoms with Crippen molar-refractivity contribution in [3.8, 4) is 5.69 Å². The third-order valence-corrected chi connectivity index (χ3v) is 10.5. The summed E-state index contributed by atoms with van der Waals surface area (Å²) in [6.45, 7) is 8.23. The maximum absolute atomic E-state index is 15.0. The van der Waals surface area contributed by atoms with Gasteiger partial charge in [-0.3, -0.25) is 19.1 Å². The first kappa shape index (κ1) is 36.7. The van der Waals surface area contributed by atoms with Crippen LogP contribution in [0.5, 0.6) is 0 Å². The Balaban J connectivity index is 1.49. The molecular weight excluding hydrogens is 685 g/mol. The van der Waals surface area contributed by atoms with Gasteiger partial charge in [-0.15, -0.1) is 11.3 Å². The van der Waals surface area contributed by atoms with Crippen LogP contribution in [0, 0.1) is 30.9 Å². The van der Waals surface area contributed by atoms with Gasteiger partial charge in [-0.2, -0.15) is 0 Å². The van der Waals surface area contributed by atoms with Crippen molar-refractivity contribution in [1.29, 1.82) is 0 Å². The Hall–Kier alpha value is -5.16. The molecule has 2 aromatic heterocycles. The Bertz CT molecular complexity index is 2160. The van der Waals surface area contributed by atoms with Crippen molar-refractivity contribution < 1.29 is 36.7 Å². The predicted molar refractivity (Wildman–Crippen MR) is 179 cm³/mol. The topological polar surface area (TPSA) is 186 Å². The monoisotopic (exact) mass is 717 g/mol. The number of aromatic nitrogens is 2. The van der Waals surface area contributed by atoms with Gasteiger partial charge < -0.3 is 20.3 Å². The fraction of sp³-hybridized carbons (Fsp3) is 0.281. The molecule has 0 fully saturated rings. The lowest BCUT2D eigenvalue weighted by atomic mass is 9.96. The summed E-state index contributed by atoms with van der Waals surface area (Å²) in [6, 6.07) is 7.56. The Morgan fingerprint density at radius 3 is 2.20 bits per heavy atom. The molecule has 4 rings (SSSR count). The van der Waals surface area contributed by atoms with Crippen molar-refractivity contribution in [3.63, 3.8) is 0 Å². The number of aliphatic carboxylic acids is 1. The van der Waals surface area contributed by atoms with Gasteiger partial charge in [0.25, 0.3) is 21.5 Å². The summed E-state index contributed by atoms with van der Waals surface area (Å²) in [5.74, 6) is -5.79. The molecule has 4 N–H and O–H groups in total. The van der Waals surface area contributed by atoms with E-state index in [4.69, 9.17) is 0 Å². The number of nitrogens with one attached hydrogen (secondary N) is 3. The summed E-state index contributed by atoms with van der Waals surface area (Å²) < 4.78 is 59.7. The summed E-state index contributed by atoms with van der Waals surface area (Å²) >= 11 is 0.686. The van der Waals surface area contributed by atoms with Crippen LogP contribution < -0.4 is 26.6 Å². The predicted octanol–water partition coefficient (Wildman–Crippen LogP) is 3.70. The molecule has 0 saturated carbocycles. The zero-order valence-corrected chi connectivity index (χ0v) is 28.8. The number of benzene rings is 2. The van der Waals surface area contributed by atoms with E-state index in [2.05, 4.69) is 10.6 Å². The molecule has 13 nitrogen and oxygen atoms in total. The first-order chi connectivity index (χ1) is 22.7. The van der Waals surface area contributed by atoms with Crippen LogP contribution in [-0.2, 0) is 33.1 Å². The molecule has 0 radical (unpaired) electrons. The Labute approximate surface area is 283 Å². The van der Waals surface area contributed by atoms with E-state index in [0.717, 1.165) is 4.57 Å². The van der Waals surface area contributed by atoms with E-state index in [9.17, 15) is 37.5 Å². The molecule has 0 aliphatic heterocycles. The highest BCUT2D eigenvalue weighted by Crippen LogP contribution is 2.30. The van der Waals surface area contributed by atoms with Gasteiger partial charge in [0.05, 0.1) is 21.9 Å². The number of rotatable bonds is 10. The van der Waals surface area contributed by atoms with E-state index in [0.29, 0.717) is 40.3 Å². The molecule has 49 heavy (non-hydrogen) atoms. The van der Waals surface area contributed by atoms with E-state index >= 15 is 8.78 Å². The van der Waals surface area contributed by atoms with Crippen LogP contribution in [0.25, 0.3) is 5.69 Å². The molecule has 2 aromatic carbocycles.